The fraction of sp³-hybridized carbons (Fsp3) is 0.0800. The van der Waals surface area contributed by atoms with Gasteiger partial charge < -0.3 is 4.57 Å². The Bertz CT molecular complexity index is 1420. The largest absolute Gasteiger partial charge is 0.342 e. The normalized spacial score (nSPS) is 15.2. The fourth-order valence-corrected chi connectivity index (χ4v) is 5.61. The molecule has 0 spiro atoms. The van der Waals surface area contributed by atoms with Crippen LogP contribution < -0.4 is 0 Å². The molecule has 0 aliphatic carbocycles. The molecule has 8 heteroatoms. The van der Waals surface area contributed by atoms with Crippen molar-refractivity contribution in [2.75, 3.05) is 0 Å². The molecular weight excluding hydrogens is 538 g/mol. The van der Waals surface area contributed by atoms with Crippen molar-refractivity contribution in [3.63, 3.8) is 0 Å². The molecule has 2 aromatic carbocycles. The summed E-state index contributed by atoms with van der Waals surface area (Å²) >= 11 is 16.8. The van der Waals surface area contributed by atoms with E-state index < -0.39 is 0 Å². The molecule has 1 aliphatic rings. The average Bonchev–Trinajstić information content (AvgIpc) is 3.27. The molecule has 1 aliphatic heterocycles. The third kappa shape index (κ3) is 4.64. The van der Waals surface area contributed by atoms with Crippen molar-refractivity contribution < 1.29 is 4.79 Å². The predicted molar refractivity (Wildman–Crippen MR) is 143 cm³/mol. The molecule has 0 N–H and O–H groups in total. The van der Waals surface area contributed by atoms with E-state index in [4.69, 9.17) is 23.8 Å². The monoisotopic (exact) mass is 553 g/mol. The molecule has 4 nitrogen and oxygen atoms in total. The van der Waals surface area contributed by atoms with Gasteiger partial charge in [0.1, 0.15) is 4.32 Å². The van der Waals surface area contributed by atoms with Crippen LogP contribution in [0.3, 0.4) is 0 Å². The molecule has 0 bridgehead atoms. The fourth-order valence-electron chi connectivity index (χ4n) is 3.80. The lowest BCUT2D eigenvalue weighted by atomic mass is 10.1. The van der Waals surface area contributed by atoms with E-state index in [-0.39, 0.29) is 5.91 Å². The first-order chi connectivity index (χ1) is 16.0. The second-order valence-corrected chi connectivity index (χ2v) is 10.6. The van der Waals surface area contributed by atoms with Gasteiger partial charge in [0, 0.05) is 51.1 Å². The molecule has 0 radical (unpaired) electrons. The number of hydrogen-bond acceptors (Lipinski definition) is 4. The van der Waals surface area contributed by atoms with Gasteiger partial charge in [-0.1, -0.05) is 75.8 Å². The van der Waals surface area contributed by atoms with Gasteiger partial charge >= 0.3 is 0 Å². The molecule has 164 valence electrons. The molecule has 5 rings (SSSR count). The van der Waals surface area contributed by atoms with Gasteiger partial charge in [0.15, 0.2) is 0 Å². The summed E-state index contributed by atoms with van der Waals surface area (Å²) < 4.78 is 3.69. The van der Waals surface area contributed by atoms with Crippen LogP contribution in [0.25, 0.3) is 17.0 Å². The summed E-state index contributed by atoms with van der Waals surface area (Å²) in [5.74, 6) is -0.0872. The van der Waals surface area contributed by atoms with Gasteiger partial charge in [0.25, 0.3) is 5.91 Å². The second kappa shape index (κ2) is 9.43. The zero-order valence-corrected chi connectivity index (χ0v) is 21.2. The number of amides is 1. The lowest BCUT2D eigenvalue weighted by Crippen LogP contribution is -2.27. The number of benzene rings is 2. The number of hydrogen-bond donors (Lipinski definition) is 0. The molecular formula is C25H17BrClN3OS2. The number of thiocarbonyl (C=S) groups is 1. The van der Waals surface area contributed by atoms with Crippen LogP contribution in [0.2, 0.25) is 5.02 Å². The molecule has 1 fully saturated rings. The maximum Gasteiger partial charge on any atom is 0.266 e. The first-order valence-electron chi connectivity index (χ1n) is 10.2. The maximum atomic E-state index is 13.2. The molecule has 4 aromatic rings. The summed E-state index contributed by atoms with van der Waals surface area (Å²) in [5.41, 5.74) is 4.00. The summed E-state index contributed by atoms with van der Waals surface area (Å²) in [6, 6.07) is 17.8. The van der Waals surface area contributed by atoms with Gasteiger partial charge in [-0.05, 0) is 47.5 Å². The van der Waals surface area contributed by atoms with E-state index >= 15 is 0 Å². The standard InChI is InChI=1S/C25H17BrClN3OS2/c26-19-7-8-22-20(11-19)18(15-29(22)14-17-5-1-2-6-21(17)27)10-23-24(31)30(25(32)33-23)13-16-4-3-9-28-12-16/h1-12,15H,13-14H2/b23-10-. The van der Waals surface area contributed by atoms with Crippen LogP contribution in [0.15, 0.2) is 82.6 Å². The molecule has 2 aromatic heterocycles. The summed E-state index contributed by atoms with van der Waals surface area (Å²) in [4.78, 5) is 19.5. The lowest BCUT2D eigenvalue weighted by molar-refractivity contribution is -0.122. The highest BCUT2D eigenvalue weighted by Gasteiger charge is 2.32. The molecule has 1 saturated heterocycles. The zero-order chi connectivity index (χ0) is 22.9. The number of fused-ring (bicyclic) bond motifs is 1. The smallest absolute Gasteiger partial charge is 0.266 e. The Morgan fingerprint density at radius 1 is 1.12 bits per heavy atom. The highest BCUT2D eigenvalue weighted by atomic mass is 79.9. The van der Waals surface area contributed by atoms with Crippen LogP contribution >= 0.6 is 51.5 Å². The Kier molecular flexibility index (Phi) is 6.38. The van der Waals surface area contributed by atoms with Gasteiger partial charge in [-0.25, -0.2) is 0 Å². The van der Waals surface area contributed by atoms with Crippen LogP contribution in [0.1, 0.15) is 16.7 Å². The number of carbonyl (C=O) groups is 1. The topological polar surface area (TPSA) is 38.1 Å². The van der Waals surface area contributed by atoms with Crippen LogP contribution in [0.4, 0.5) is 0 Å². The molecule has 3 heterocycles. The number of carbonyl (C=O) groups excluding carboxylic acids is 1. The number of nitrogens with zero attached hydrogens (tertiary/aromatic N) is 3. The Balaban J connectivity index is 1.51. The minimum Gasteiger partial charge on any atom is -0.342 e. The van der Waals surface area contributed by atoms with Crippen LogP contribution in [0.5, 0.6) is 0 Å². The maximum absolute atomic E-state index is 13.2. The Morgan fingerprint density at radius 3 is 2.76 bits per heavy atom. The summed E-state index contributed by atoms with van der Waals surface area (Å²) in [5, 5.41) is 1.78. The van der Waals surface area contributed by atoms with Crippen LogP contribution in [-0.2, 0) is 17.9 Å². The molecule has 0 atom stereocenters. The van der Waals surface area contributed by atoms with Gasteiger partial charge in [-0.15, -0.1) is 0 Å². The Morgan fingerprint density at radius 2 is 1.97 bits per heavy atom. The minimum absolute atomic E-state index is 0.0872. The molecule has 0 saturated carbocycles. The summed E-state index contributed by atoms with van der Waals surface area (Å²) in [6.45, 7) is 1.04. The van der Waals surface area contributed by atoms with E-state index in [0.717, 1.165) is 37.1 Å². The lowest BCUT2D eigenvalue weighted by Gasteiger charge is -2.13. The quantitative estimate of drug-likeness (QED) is 0.199. The predicted octanol–water partition coefficient (Wildman–Crippen LogP) is 6.90. The van der Waals surface area contributed by atoms with E-state index in [1.165, 1.54) is 11.8 Å². The van der Waals surface area contributed by atoms with Crippen molar-refractivity contribution >= 4 is 78.7 Å². The number of rotatable bonds is 5. The first-order valence-corrected chi connectivity index (χ1v) is 12.6. The molecule has 33 heavy (non-hydrogen) atoms. The van der Waals surface area contributed by atoms with Gasteiger partial charge in [-0.3, -0.25) is 14.7 Å². The van der Waals surface area contributed by atoms with Crippen molar-refractivity contribution in [1.82, 2.24) is 14.5 Å². The van der Waals surface area contributed by atoms with E-state index in [0.29, 0.717) is 22.3 Å². The second-order valence-electron chi connectivity index (χ2n) is 7.59. The van der Waals surface area contributed by atoms with Gasteiger partial charge in [0.05, 0.1) is 11.4 Å². The van der Waals surface area contributed by atoms with Gasteiger partial charge in [0.2, 0.25) is 0 Å². The highest BCUT2D eigenvalue weighted by molar-refractivity contribution is 9.10. The Labute approximate surface area is 214 Å². The van der Waals surface area contributed by atoms with E-state index in [1.54, 1.807) is 17.3 Å². The van der Waals surface area contributed by atoms with Crippen molar-refractivity contribution in [3.05, 3.63) is 104 Å². The number of pyridine rings is 1. The molecule has 1 amide bonds. The van der Waals surface area contributed by atoms with E-state index in [1.807, 2.05) is 48.5 Å². The van der Waals surface area contributed by atoms with Gasteiger partial charge in [-0.2, -0.15) is 0 Å². The van der Waals surface area contributed by atoms with Crippen molar-refractivity contribution in [1.29, 1.82) is 0 Å². The average molecular weight is 555 g/mol. The first kappa shape index (κ1) is 22.3. The van der Waals surface area contributed by atoms with Crippen LogP contribution in [-0.4, -0.2) is 24.7 Å². The number of thioether (sulfide) groups is 1. The van der Waals surface area contributed by atoms with Crippen molar-refractivity contribution in [2.45, 2.75) is 13.1 Å². The van der Waals surface area contributed by atoms with E-state index in [9.17, 15) is 4.79 Å². The minimum atomic E-state index is -0.0872. The Hall–Kier alpha value is -2.45. The van der Waals surface area contributed by atoms with E-state index in [2.05, 4.69) is 43.8 Å². The third-order valence-corrected chi connectivity index (χ3v) is 7.64. The molecule has 0 unspecified atom stereocenters. The SMILES string of the molecule is O=C1/C(=C/c2cn(Cc3ccccc3Cl)c3ccc(Br)cc23)SC(=S)N1Cc1cccnc1. The highest BCUT2D eigenvalue weighted by Crippen LogP contribution is 2.36. The number of halogens is 2. The zero-order valence-electron chi connectivity index (χ0n) is 17.2. The number of aromatic nitrogens is 2. The summed E-state index contributed by atoms with van der Waals surface area (Å²) in [6.07, 6.45) is 7.46. The van der Waals surface area contributed by atoms with Crippen LogP contribution in [0, 0.1) is 0 Å². The third-order valence-electron chi connectivity index (χ3n) is 5.40. The van der Waals surface area contributed by atoms with Crippen molar-refractivity contribution in [3.8, 4) is 0 Å². The van der Waals surface area contributed by atoms with Crippen molar-refractivity contribution in [2.24, 2.45) is 0 Å². The summed E-state index contributed by atoms with van der Waals surface area (Å²) in [7, 11) is 0.